The minimum absolute atomic E-state index is 0.0104. The van der Waals surface area contributed by atoms with Gasteiger partial charge in [-0.2, -0.15) is 5.10 Å². The van der Waals surface area contributed by atoms with Gasteiger partial charge >= 0.3 is 0 Å². The Kier molecular flexibility index (Phi) is 5.13. The van der Waals surface area contributed by atoms with Crippen molar-refractivity contribution in [1.82, 2.24) is 0 Å². The highest BCUT2D eigenvalue weighted by atomic mass is 16.6. The molecule has 0 unspecified atom stereocenters. The van der Waals surface area contributed by atoms with E-state index in [1.165, 1.54) is 36.6 Å². The molecular formula is C15H12N4O4. The number of rotatable bonds is 6. The topological polar surface area (TPSA) is 111 Å². The van der Waals surface area contributed by atoms with Crippen LogP contribution in [0.4, 0.5) is 17.1 Å². The standard InChI is InChI=1S/C15H12N4O4/c20-18(21)14-9-3-1-6-12(14)7-5-11-16-17-13-8-2-4-10-15(13)19(22)23/h1-11,17H/b7-5+,16-11+. The molecule has 0 aliphatic rings. The van der Waals surface area contributed by atoms with Gasteiger partial charge < -0.3 is 0 Å². The highest BCUT2D eigenvalue weighted by Gasteiger charge is 2.11. The van der Waals surface area contributed by atoms with Crippen LogP contribution < -0.4 is 5.43 Å². The molecular weight excluding hydrogens is 300 g/mol. The Balaban J connectivity index is 2.06. The molecule has 0 bridgehead atoms. The third-order valence-corrected chi connectivity index (χ3v) is 2.86. The van der Waals surface area contributed by atoms with E-state index in [2.05, 4.69) is 10.5 Å². The number of nitro groups is 2. The smallest absolute Gasteiger partial charge is 0.272 e. The lowest BCUT2D eigenvalue weighted by atomic mass is 10.2. The Morgan fingerprint density at radius 2 is 1.52 bits per heavy atom. The number of allylic oxidation sites excluding steroid dienone is 1. The van der Waals surface area contributed by atoms with Crippen LogP contribution >= 0.6 is 0 Å². The Labute approximate surface area is 131 Å². The Morgan fingerprint density at radius 3 is 2.22 bits per heavy atom. The van der Waals surface area contributed by atoms with Crippen LogP contribution in [0.25, 0.3) is 6.08 Å². The molecule has 0 atom stereocenters. The summed E-state index contributed by atoms with van der Waals surface area (Å²) in [5, 5.41) is 25.5. The van der Waals surface area contributed by atoms with Crippen LogP contribution in [-0.4, -0.2) is 16.1 Å². The van der Waals surface area contributed by atoms with Crippen LogP contribution in [0, 0.1) is 20.2 Å². The average molecular weight is 312 g/mol. The van der Waals surface area contributed by atoms with E-state index in [-0.39, 0.29) is 17.1 Å². The second-order valence-electron chi connectivity index (χ2n) is 4.34. The maximum Gasteiger partial charge on any atom is 0.294 e. The summed E-state index contributed by atoms with van der Waals surface area (Å²) in [6, 6.07) is 12.4. The second kappa shape index (κ2) is 7.46. The lowest BCUT2D eigenvalue weighted by Crippen LogP contribution is -1.95. The molecule has 0 saturated heterocycles. The van der Waals surface area contributed by atoms with Crippen LogP contribution in [0.2, 0.25) is 0 Å². The molecule has 2 aromatic rings. The van der Waals surface area contributed by atoms with Gasteiger partial charge in [-0.05, 0) is 24.3 Å². The first-order valence-electron chi connectivity index (χ1n) is 6.52. The molecule has 116 valence electrons. The summed E-state index contributed by atoms with van der Waals surface area (Å²) in [5.41, 5.74) is 3.16. The number of anilines is 1. The molecule has 0 fully saturated rings. The van der Waals surface area contributed by atoms with Crippen molar-refractivity contribution in [2.24, 2.45) is 5.10 Å². The van der Waals surface area contributed by atoms with Gasteiger partial charge in [-0.15, -0.1) is 0 Å². The van der Waals surface area contributed by atoms with Crippen LogP contribution in [0.1, 0.15) is 5.56 Å². The van der Waals surface area contributed by atoms with E-state index >= 15 is 0 Å². The SMILES string of the molecule is O=[N+]([O-])c1ccccc1/C=C/C=N/Nc1ccccc1[N+](=O)[O-]. The molecule has 8 heteroatoms. The molecule has 0 amide bonds. The van der Waals surface area contributed by atoms with E-state index in [0.29, 0.717) is 5.56 Å². The molecule has 2 aromatic carbocycles. The molecule has 0 aliphatic heterocycles. The fraction of sp³-hybridized carbons (Fsp3) is 0. The molecule has 23 heavy (non-hydrogen) atoms. The van der Waals surface area contributed by atoms with Gasteiger partial charge in [0.25, 0.3) is 11.4 Å². The van der Waals surface area contributed by atoms with Crippen molar-refractivity contribution >= 4 is 29.4 Å². The first-order chi connectivity index (χ1) is 11.1. The Bertz CT molecular complexity index is 787. The molecule has 0 aromatic heterocycles. The van der Waals surface area contributed by atoms with Crippen molar-refractivity contribution in [3.63, 3.8) is 0 Å². The van der Waals surface area contributed by atoms with Gasteiger partial charge in [0, 0.05) is 18.3 Å². The molecule has 1 N–H and O–H groups in total. The van der Waals surface area contributed by atoms with Gasteiger partial charge in [0.2, 0.25) is 0 Å². The summed E-state index contributed by atoms with van der Waals surface area (Å²) < 4.78 is 0. The van der Waals surface area contributed by atoms with E-state index in [1.54, 1.807) is 30.3 Å². The first kappa shape index (κ1) is 15.8. The zero-order valence-electron chi connectivity index (χ0n) is 11.8. The lowest BCUT2D eigenvalue weighted by molar-refractivity contribution is -0.385. The van der Waals surface area contributed by atoms with Crippen molar-refractivity contribution in [2.45, 2.75) is 0 Å². The molecule has 0 heterocycles. The van der Waals surface area contributed by atoms with Crippen LogP contribution in [-0.2, 0) is 0 Å². The van der Waals surface area contributed by atoms with Crippen molar-refractivity contribution in [2.75, 3.05) is 5.43 Å². The fourth-order valence-corrected chi connectivity index (χ4v) is 1.82. The summed E-state index contributed by atoms with van der Waals surface area (Å²) in [7, 11) is 0. The van der Waals surface area contributed by atoms with Crippen molar-refractivity contribution < 1.29 is 9.85 Å². The third kappa shape index (κ3) is 4.21. The molecule has 0 spiro atoms. The predicted octanol–water partition coefficient (Wildman–Crippen LogP) is 3.61. The summed E-state index contributed by atoms with van der Waals surface area (Å²) in [6.45, 7) is 0. The van der Waals surface area contributed by atoms with E-state index in [0.717, 1.165) is 0 Å². The van der Waals surface area contributed by atoms with Crippen molar-refractivity contribution in [1.29, 1.82) is 0 Å². The summed E-state index contributed by atoms with van der Waals surface area (Å²) in [6.07, 6.45) is 4.39. The van der Waals surface area contributed by atoms with Crippen LogP contribution in [0.3, 0.4) is 0 Å². The fourth-order valence-electron chi connectivity index (χ4n) is 1.82. The van der Waals surface area contributed by atoms with Crippen molar-refractivity contribution in [3.8, 4) is 0 Å². The number of benzene rings is 2. The summed E-state index contributed by atoms with van der Waals surface area (Å²) >= 11 is 0. The molecule has 0 radical (unpaired) electrons. The first-order valence-corrected chi connectivity index (χ1v) is 6.52. The number of hydrazone groups is 1. The molecule has 0 aliphatic carbocycles. The van der Waals surface area contributed by atoms with Gasteiger partial charge in [0.05, 0.1) is 15.4 Å². The quantitative estimate of drug-likeness (QED) is 0.497. The van der Waals surface area contributed by atoms with E-state index in [4.69, 9.17) is 0 Å². The largest absolute Gasteiger partial charge is 0.294 e. The maximum absolute atomic E-state index is 10.9. The normalized spacial score (nSPS) is 11.0. The molecule has 0 saturated carbocycles. The number of hydrogen-bond donors (Lipinski definition) is 1. The van der Waals surface area contributed by atoms with Crippen LogP contribution in [0.15, 0.2) is 59.7 Å². The third-order valence-electron chi connectivity index (χ3n) is 2.86. The number of para-hydroxylation sites is 3. The zero-order chi connectivity index (χ0) is 16.7. The summed E-state index contributed by atoms with van der Waals surface area (Å²) in [4.78, 5) is 20.7. The average Bonchev–Trinajstić information content (AvgIpc) is 2.55. The highest BCUT2D eigenvalue weighted by molar-refractivity contribution is 5.80. The van der Waals surface area contributed by atoms with Gasteiger partial charge in [0.15, 0.2) is 0 Å². The molecule has 2 rings (SSSR count). The predicted molar refractivity (Wildman–Crippen MR) is 87.3 cm³/mol. The van der Waals surface area contributed by atoms with E-state index in [1.807, 2.05) is 0 Å². The van der Waals surface area contributed by atoms with E-state index < -0.39 is 9.85 Å². The zero-order valence-corrected chi connectivity index (χ0v) is 11.8. The second-order valence-corrected chi connectivity index (χ2v) is 4.34. The van der Waals surface area contributed by atoms with Gasteiger partial charge in [-0.1, -0.05) is 24.3 Å². The number of nitrogens with zero attached hydrogens (tertiary/aromatic N) is 3. The summed E-state index contributed by atoms with van der Waals surface area (Å²) in [5.74, 6) is 0. The van der Waals surface area contributed by atoms with Crippen LogP contribution in [0.5, 0.6) is 0 Å². The Hall–Kier alpha value is -3.55. The lowest BCUT2D eigenvalue weighted by Gasteiger charge is -2.00. The number of nitro benzene ring substituents is 2. The monoisotopic (exact) mass is 312 g/mol. The number of nitrogens with one attached hydrogen (secondary N) is 1. The number of hydrogen-bond acceptors (Lipinski definition) is 6. The van der Waals surface area contributed by atoms with Crippen molar-refractivity contribution in [3.05, 3.63) is 80.4 Å². The van der Waals surface area contributed by atoms with E-state index in [9.17, 15) is 20.2 Å². The van der Waals surface area contributed by atoms with Gasteiger partial charge in [-0.3, -0.25) is 25.7 Å². The minimum Gasteiger partial charge on any atom is -0.272 e. The molecule has 8 nitrogen and oxygen atoms in total. The van der Waals surface area contributed by atoms with Gasteiger partial charge in [-0.25, -0.2) is 0 Å². The Morgan fingerprint density at radius 1 is 0.913 bits per heavy atom. The minimum atomic E-state index is -0.513. The van der Waals surface area contributed by atoms with Gasteiger partial charge in [0.1, 0.15) is 5.69 Å². The maximum atomic E-state index is 10.9. The highest BCUT2D eigenvalue weighted by Crippen LogP contribution is 2.23.